The van der Waals surface area contributed by atoms with Gasteiger partial charge in [-0.05, 0) is 42.5 Å². The number of hydrogen-bond acceptors (Lipinski definition) is 4. The summed E-state index contributed by atoms with van der Waals surface area (Å²) in [6, 6.07) is 14.9. The maximum absolute atomic E-state index is 12.0. The lowest BCUT2D eigenvalue weighted by Gasteiger charge is -2.07. The molecule has 3 rings (SSSR count). The number of halogens is 1. The number of aromatic nitrogens is 1. The van der Waals surface area contributed by atoms with E-state index in [1.807, 2.05) is 30.3 Å². The van der Waals surface area contributed by atoms with E-state index in [0.29, 0.717) is 18.0 Å². The molecule has 6 heteroatoms. The van der Waals surface area contributed by atoms with Gasteiger partial charge in [-0.1, -0.05) is 22.0 Å². The van der Waals surface area contributed by atoms with Gasteiger partial charge in [0.05, 0.1) is 24.7 Å². The van der Waals surface area contributed by atoms with Gasteiger partial charge in [0, 0.05) is 10.2 Å². The molecule has 0 saturated carbocycles. The van der Waals surface area contributed by atoms with Gasteiger partial charge >= 0.3 is 0 Å². The first-order valence-corrected chi connectivity index (χ1v) is 7.79. The molecule has 0 radical (unpaired) electrons. The molecule has 0 bridgehead atoms. The van der Waals surface area contributed by atoms with Crippen LogP contribution in [0.4, 0.5) is 11.4 Å². The van der Waals surface area contributed by atoms with Crippen LogP contribution in [0.1, 0.15) is 16.2 Å². The smallest absolute Gasteiger partial charge is 0.270 e. The number of pyridine rings is 1. The van der Waals surface area contributed by atoms with Crippen molar-refractivity contribution in [3.05, 3.63) is 76.9 Å². The molecule has 2 aromatic heterocycles. The van der Waals surface area contributed by atoms with Crippen LogP contribution in [0.3, 0.4) is 0 Å². The zero-order chi connectivity index (χ0) is 16.1. The zero-order valence-electron chi connectivity index (χ0n) is 12.1. The maximum atomic E-state index is 12.0. The summed E-state index contributed by atoms with van der Waals surface area (Å²) in [4.78, 5) is 16.2. The molecule has 1 amide bonds. The Bertz CT molecular complexity index is 786. The van der Waals surface area contributed by atoms with E-state index in [1.165, 1.54) is 0 Å². The van der Waals surface area contributed by atoms with Crippen LogP contribution in [0.15, 0.2) is 69.9 Å². The van der Waals surface area contributed by atoms with Crippen molar-refractivity contribution >= 4 is 33.2 Å². The summed E-state index contributed by atoms with van der Waals surface area (Å²) in [5, 5.41) is 5.98. The van der Waals surface area contributed by atoms with E-state index < -0.39 is 0 Å². The van der Waals surface area contributed by atoms with Crippen molar-refractivity contribution in [3.63, 3.8) is 0 Å². The topological polar surface area (TPSA) is 67.2 Å². The average Bonchev–Trinajstić information content (AvgIpc) is 3.07. The quantitative estimate of drug-likeness (QED) is 0.707. The number of furan rings is 1. The second-order valence-electron chi connectivity index (χ2n) is 4.83. The van der Waals surface area contributed by atoms with E-state index in [2.05, 4.69) is 31.5 Å². The highest BCUT2D eigenvalue weighted by atomic mass is 79.9. The van der Waals surface area contributed by atoms with Crippen LogP contribution < -0.4 is 10.6 Å². The Kier molecular flexibility index (Phi) is 4.73. The standard InChI is InChI=1S/C17H14BrN3O2/c18-12-3-1-4-13(9-12)21-14-6-7-16(19-10-14)17(22)20-11-15-5-2-8-23-15/h1-10,21H,11H2,(H,20,22). The molecule has 5 nitrogen and oxygen atoms in total. The fraction of sp³-hybridized carbons (Fsp3) is 0.0588. The molecule has 0 aliphatic rings. The predicted molar refractivity (Wildman–Crippen MR) is 91.5 cm³/mol. The van der Waals surface area contributed by atoms with Crippen molar-refractivity contribution in [3.8, 4) is 0 Å². The SMILES string of the molecule is O=C(NCc1ccco1)c1ccc(Nc2cccc(Br)c2)cn1. The van der Waals surface area contributed by atoms with E-state index in [0.717, 1.165) is 15.8 Å². The van der Waals surface area contributed by atoms with Gasteiger partial charge < -0.3 is 15.1 Å². The number of nitrogens with zero attached hydrogens (tertiary/aromatic N) is 1. The molecular weight excluding hydrogens is 358 g/mol. The van der Waals surface area contributed by atoms with Crippen LogP contribution in [-0.4, -0.2) is 10.9 Å². The molecule has 3 aromatic rings. The number of hydrogen-bond donors (Lipinski definition) is 2. The highest BCUT2D eigenvalue weighted by Crippen LogP contribution is 2.20. The van der Waals surface area contributed by atoms with Crippen molar-refractivity contribution in [1.29, 1.82) is 0 Å². The van der Waals surface area contributed by atoms with Crippen molar-refractivity contribution < 1.29 is 9.21 Å². The van der Waals surface area contributed by atoms with Crippen LogP contribution in [0.5, 0.6) is 0 Å². The first-order valence-electron chi connectivity index (χ1n) is 7.00. The predicted octanol–water partition coefficient (Wildman–Crippen LogP) is 4.11. The molecule has 0 unspecified atom stereocenters. The Hall–Kier alpha value is -2.60. The summed E-state index contributed by atoms with van der Waals surface area (Å²) in [6.07, 6.45) is 3.20. The molecule has 0 saturated heterocycles. The minimum absolute atomic E-state index is 0.240. The lowest BCUT2D eigenvalue weighted by atomic mass is 10.3. The molecule has 23 heavy (non-hydrogen) atoms. The van der Waals surface area contributed by atoms with Crippen LogP contribution in [0.2, 0.25) is 0 Å². The molecule has 2 heterocycles. The van der Waals surface area contributed by atoms with Crippen molar-refractivity contribution in [2.75, 3.05) is 5.32 Å². The van der Waals surface area contributed by atoms with Crippen LogP contribution >= 0.6 is 15.9 Å². The van der Waals surface area contributed by atoms with Crippen LogP contribution in [-0.2, 0) is 6.54 Å². The number of carbonyl (C=O) groups is 1. The Labute approximate surface area is 141 Å². The van der Waals surface area contributed by atoms with Gasteiger partial charge in [-0.2, -0.15) is 0 Å². The number of nitrogens with one attached hydrogen (secondary N) is 2. The summed E-state index contributed by atoms with van der Waals surface area (Å²) in [6.45, 7) is 0.339. The number of amides is 1. The summed E-state index contributed by atoms with van der Waals surface area (Å²) in [5.41, 5.74) is 2.11. The van der Waals surface area contributed by atoms with Gasteiger partial charge in [0.1, 0.15) is 11.5 Å². The largest absolute Gasteiger partial charge is 0.467 e. The van der Waals surface area contributed by atoms with E-state index in [-0.39, 0.29) is 5.91 Å². The summed E-state index contributed by atoms with van der Waals surface area (Å²) in [7, 11) is 0. The normalized spacial score (nSPS) is 10.3. The van der Waals surface area contributed by atoms with Crippen LogP contribution in [0.25, 0.3) is 0 Å². The van der Waals surface area contributed by atoms with E-state index in [9.17, 15) is 4.79 Å². The number of rotatable bonds is 5. The number of anilines is 2. The Balaban J connectivity index is 1.61. The molecule has 0 aliphatic carbocycles. The van der Waals surface area contributed by atoms with Gasteiger partial charge in [0.15, 0.2) is 0 Å². The third-order valence-electron chi connectivity index (χ3n) is 3.11. The van der Waals surface area contributed by atoms with Gasteiger partial charge in [0.2, 0.25) is 0 Å². The van der Waals surface area contributed by atoms with Crippen LogP contribution in [0, 0.1) is 0 Å². The molecule has 0 atom stereocenters. The fourth-order valence-corrected chi connectivity index (χ4v) is 2.41. The maximum Gasteiger partial charge on any atom is 0.270 e. The first-order chi connectivity index (χ1) is 11.2. The third kappa shape index (κ3) is 4.20. The summed E-state index contributed by atoms with van der Waals surface area (Å²) in [5.74, 6) is 0.460. The van der Waals surface area contributed by atoms with E-state index in [4.69, 9.17) is 4.42 Å². The minimum Gasteiger partial charge on any atom is -0.467 e. The lowest BCUT2D eigenvalue weighted by molar-refractivity contribution is 0.0943. The second kappa shape index (κ2) is 7.11. The van der Waals surface area contributed by atoms with Crippen molar-refractivity contribution in [1.82, 2.24) is 10.3 Å². The van der Waals surface area contributed by atoms with Gasteiger partial charge in [-0.3, -0.25) is 4.79 Å². The number of carbonyl (C=O) groups excluding carboxylic acids is 1. The van der Waals surface area contributed by atoms with Gasteiger partial charge in [-0.25, -0.2) is 4.98 Å². The molecule has 0 spiro atoms. The van der Waals surface area contributed by atoms with E-state index >= 15 is 0 Å². The van der Waals surface area contributed by atoms with Gasteiger partial charge in [-0.15, -0.1) is 0 Å². The van der Waals surface area contributed by atoms with E-state index in [1.54, 1.807) is 30.7 Å². The van der Waals surface area contributed by atoms with Gasteiger partial charge in [0.25, 0.3) is 5.91 Å². The Morgan fingerprint density at radius 2 is 2.04 bits per heavy atom. The molecule has 0 fully saturated rings. The molecular formula is C17H14BrN3O2. The van der Waals surface area contributed by atoms with Crippen molar-refractivity contribution in [2.45, 2.75) is 6.54 Å². The third-order valence-corrected chi connectivity index (χ3v) is 3.61. The molecule has 116 valence electrons. The second-order valence-corrected chi connectivity index (χ2v) is 5.75. The molecule has 2 N–H and O–H groups in total. The molecule has 0 aliphatic heterocycles. The Morgan fingerprint density at radius 1 is 1.13 bits per heavy atom. The number of benzene rings is 1. The fourth-order valence-electron chi connectivity index (χ4n) is 2.01. The first kappa shape index (κ1) is 15.3. The minimum atomic E-state index is -0.240. The molecule has 1 aromatic carbocycles. The summed E-state index contributed by atoms with van der Waals surface area (Å²) >= 11 is 3.42. The monoisotopic (exact) mass is 371 g/mol. The average molecular weight is 372 g/mol. The lowest BCUT2D eigenvalue weighted by Crippen LogP contribution is -2.23. The van der Waals surface area contributed by atoms with Crippen molar-refractivity contribution in [2.24, 2.45) is 0 Å². The zero-order valence-corrected chi connectivity index (χ0v) is 13.7. The highest BCUT2D eigenvalue weighted by Gasteiger charge is 2.07. The summed E-state index contributed by atoms with van der Waals surface area (Å²) < 4.78 is 6.16. The Morgan fingerprint density at radius 3 is 2.74 bits per heavy atom. The highest BCUT2D eigenvalue weighted by molar-refractivity contribution is 9.10.